The molecule has 3 rings (SSSR count). The number of hydrogen-bond acceptors (Lipinski definition) is 6. The second-order valence-electron chi connectivity index (χ2n) is 5.91. The van der Waals surface area contributed by atoms with Gasteiger partial charge in [-0.3, -0.25) is 0 Å². The van der Waals surface area contributed by atoms with Crippen molar-refractivity contribution in [2.45, 2.75) is 50.6 Å². The highest BCUT2D eigenvalue weighted by Crippen LogP contribution is 2.28. The number of thioether (sulfide) groups is 1. The van der Waals surface area contributed by atoms with Gasteiger partial charge in [-0.15, -0.1) is 21.5 Å². The average molecular weight is 389 g/mol. The van der Waals surface area contributed by atoms with Crippen LogP contribution in [0, 0.1) is 0 Å². The van der Waals surface area contributed by atoms with Gasteiger partial charge >= 0.3 is 0 Å². The molecule has 0 saturated carbocycles. The summed E-state index contributed by atoms with van der Waals surface area (Å²) in [5.74, 6) is 2.58. The number of benzene rings is 1. The molecule has 0 saturated heterocycles. The molecule has 0 bridgehead atoms. The monoisotopic (exact) mass is 388 g/mol. The van der Waals surface area contributed by atoms with Gasteiger partial charge in [0.15, 0.2) is 11.0 Å². The van der Waals surface area contributed by atoms with Crippen molar-refractivity contribution in [3.05, 3.63) is 40.3 Å². The van der Waals surface area contributed by atoms with E-state index in [2.05, 4.69) is 39.0 Å². The Morgan fingerprint density at radius 3 is 2.62 bits per heavy atom. The summed E-state index contributed by atoms with van der Waals surface area (Å²) >= 11 is 3.44. The second kappa shape index (κ2) is 9.19. The third-order valence-electron chi connectivity index (χ3n) is 4.05. The fourth-order valence-corrected chi connectivity index (χ4v) is 4.29. The highest BCUT2D eigenvalue weighted by atomic mass is 32.2. The first kappa shape index (κ1) is 18.9. The van der Waals surface area contributed by atoms with Crippen LogP contribution in [0.3, 0.4) is 0 Å². The van der Waals surface area contributed by atoms with Crippen molar-refractivity contribution in [2.75, 3.05) is 7.11 Å². The SMILES string of the molecule is CCCCn1c(SCc2csc(CC)n2)nnc1-c1ccc(OC)cc1. The predicted molar refractivity (Wildman–Crippen MR) is 108 cm³/mol. The minimum Gasteiger partial charge on any atom is -0.497 e. The molecule has 138 valence electrons. The molecule has 0 fully saturated rings. The van der Waals surface area contributed by atoms with E-state index in [0.717, 1.165) is 59.5 Å². The van der Waals surface area contributed by atoms with Gasteiger partial charge in [0.2, 0.25) is 0 Å². The Morgan fingerprint density at radius 2 is 1.96 bits per heavy atom. The Balaban J connectivity index is 1.81. The minimum atomic E-state index is 0.823. The zero-order valence-corrected chi connectivity index (χ0v) is 17.1. The van der Waals surface area contributed by atoms with E-state index in [9.17, 15) is 0 Å². The van der Waals surface area contributed by atoms with Crippen molar-refractivity contribution in [1.29, 1.82) is 0 Å². The molecule has 0 aliphatic rings. The molecule has 0 amide bonds. The molecule has 0 spiro atoms. The molecule has 2 aromatic heterocycles. The molecule has 3 aromatic rings. The van der Waals surface area contributed by atoms with Gasteiger partial charge in [-0.1, -0.05) is 32.0 Å². The van der Waals surface area contributed by atoms with Crippen LogP contribution in [0.4, 0.5) is 0 Å². The van der Waals surface area contributed by atoms with E-state index in [0.29, 0.717) is 0 Å². The van der Waals surface area contributed by atoms with E-state index < -0.39 is 0 Å². The van der Waals surface area contributed by atoms with E-state index in [1.54, 1.807) is 30.2 Å². The summed E-state index contributed by atoms with van der Waals surface area (Å²) in [5.41, 5.74) is 2.18. The smallest absolute Gasteiger partial charge is 0.191 e. The number of aromatic nitrogens is 4. The Hall–Kier alpha value is -1.86. The largest absolute Gasteiger partial charge is 0.497 e. The van der Waals surface area contributed by atoms with Gasteiger partial charge in [-0.2, -0.15) is 0 Å². The van der Waals surface area contributed by atoms with Crippen molar-refractivity contribution in [3.63, 3.8) is 0 Å². The molecule has 0 aliphatic heterocycles. The molecule has 2 heterocycles. The Bertz CT molecular complexity index is 826. The summed E-state index contributed by atoms with van der Waals surface area (Å²) < 4.78 is 7.48. The van der Waals surface area contributed by atoms with Crippen LogP contribution in [0.2, 0.25) is 0 Å². The Labute approximate surface area is 162 Å². The van der Waals surface area contributed by atoms with Crippen molar-refractivity contribution < 1.29 is 4.74 Å². The molecule has 1 aromatic carbocycles. The van der Waals surface area contributed by atoms with Crippen molar-refractivity contribution in [2.24, 2.45) is 0 Å². The van der Waals surface area contributed by atoms with E-state index in [1.807, 2.05) is 24.3 Å². The molecular formula is C19H24N4OS2. The summed E-state index contributed by atoms with van der Waals surface area (Å²) in [4.78, 5) is 4.65. The zero-order valence-electron chi connectivity index (χ0n) is 15.4. The number of hydrogen-bond donors (Lipinski definition) is 0. The van der Waals surface area contributed by atoms with Crippen molar-refractivity contribution in [1.82, 2.24) is 19.7 Å². The van der Waals surface area contributed by atoms with Crippen molar-refractivity contribution >= 4 is 23.1 Å². The predicted octanol–water partition coefficient (Wildman–Crippen LogP) is 5.07. The maximum Gasteiger partial charge on any atom is 0.191 e. The lowest BCUT2D eigenvalue weighted by atomic mass is 10.2. The Morgan fingerprint density at radius 1 is 1.15 bits per heavy atom. The molecule has 5 nitrogen and oxygen atoms in total. The second-order valence-corrected chi connectivity index (χ2v) is 7.80. The van der Waals surface area contributed by atoms with Crippen LogP contribution in [0.1, 0.15) is 37.4 Å². The minimum absolute atomic E-state index is 0.823. The topological polar surface area (TPSA) is 52.8 Å². The van der Waals surface area contributed by atoms with Crippen LogP contribution < -0.4 is 4.74 Å². The van der Waals surface area contributed by atoms with Gasteiger partial charge in [0.25, 0.3) is 0 Å². The van der Waals surface area contributed by atoms with Crippen LogP contribution in [0.25, 0.3) is 11.4 Å². The van der Waals surface area contributed by atoms with Gasteiger partial charge in [0.05, 0.1) is 17.8 Å². The molecule has 0 N–H and O–H groups in total. The van der Waals surface area contributed by atoms with E-state index in [1.165, 1.54) is 5.01 Å². The molecule has 0 atom stereocenters. The zero-order chi connectivity index (χ0) is 18.4. The Kier molecular flexibility index (Phi) is 6.68. The van der Waals surface area contributed by atoms with Crippen LogP contribution in [0.5, 0.6) is 5.75 Å². The summed E-state index contributed by atoms with van der Waals surface area (Å²) in [7, 11) is 1.68. The first-order valence-electron chi connectivity index (χ1n) is 8.88. The van der Waals surface area contributed by atoms with E-state index >= 15 is 0 Å². The highest BCUT2D eigenvalue weighted by Gasteiger charge is 2.15. The number of ether oxygens (including phenoxy) is 1. The molecular weight excluding hydrogens is 364 g/mol. The van der Waals surface area contributed by atoms with Gasteiger partial charge in [-0.25, -0.2) is 4.98 Å². The summed E-state index contributed by atoms with van der Waals surface area (Å²) in [6.07, 6.45) is 3.23. The summed E-state index contributed by atoms with van der Waals surface area (Å²) in [6, 6.07) is 7.99. The third-order valence-corrected chi connectivity index (χ3v) is 6.09. The van der Waals surface area contributed by atoms with E-state index in [-0.39, 0.29) is 0 Å². The number of thiazole rings is 1. The number of rotatable bonds is 9. The summed E-state index contributed by atoms with van der Waals surface area (Å²) in [6.45, 7) is 5.26. The summed E-state index contributed by atoms with van der Waals surface area (Å²) in [5, 5.41) is 13.2. The lowest BCUT2D eigenvalue weighted by Gasteiger charge is -2.09. The van der Waals surface area contributed by atoms with Gasteiger partial charge < -0.3 is 9.30 Å². The number of methoxy groups -OCH3 is 1. The van der Waals surface area contributed by atoms with Crippen LogP contribution in [0.15, 0.2) is 34.8 Å². The quantitative estimate of drug-likeness (QED) is 0.479. The number of unbranched alkanes of at least 4 members (excludes halogenated alkanes) is 1. The van der Waals surface area contributed by atoms with Crippen LogP contribution >= 0.6 is 23.1 Å². The molecule has 26 heavy (non-hydrogen) atoms. The maximum absolute atomic E-state index is 5.25. The first-order chi connectivity index (χ1) is 12.7. The fraction of sp³-hybridized carbons (Fsp3) is 0.421. The molecule has 0 unspecified atom stereocenters. The lowest BCUT2D eigenvalue weighted by Crippen LogP contribution is -2.03. The molecule has 0 aliphatic carbocycles. The van der Waals surface area contributed by atoms with Gasteiger partial charge in [0, 0.05) is 23.2 Å². The molecule has 7 heteroatoms. The first-order valence-corrected chi connectivity index (χ1v) is 10.7. The highest BCUT2D eigenvalue weighted by molar-refractivity contribution is 7.98. The lowest BCUT2D eigenvalue weighted by molar-refractivity contribution is 0.415. The van der Waals surface area contributed by atoms with Gasteiger partial charge in [0.1, 0.15) is 5.75 Å². The van der Waals surface area contributed by atoms with Crippen molar-refractivity contribution in [3.8, 4) is 17.1 Å². The number of nitrogens with zero attached hydrogens (tertiary/aromatic N) is 4. The standard InChI is InChI=1S/C19H24N4OS2/c1-4-6-11-23-18(14-7-9-16(24-3)10-8-14)21-22-19(23)26-13-15-12-25-17(5-2)20-15/h7-10,12H,4-6,11,13H2,1-3H3. The van der Waals surface area contributed by atoms with Crippen LogP contribution in [-0.4, -0.2) is 26.9 Å². The maximum atomic E-state index is 5.25. The normalized spacial score (nSPS) is 11.0. The molecule has 0 radical (unpaired) electrons. The number of aryl methyl sites for hydroxylation is 1. The third kappa shape index (κ3) is 4.45. The fourth-order valence-electron chi connectivity index (χ4n) is 2.58. The van der Waals surface area contributed by atoms with Crippen LogP contribution in [-0.2, 0) is 18.7 Å². The van der Waals surface area contributed by atoms with Gasteiger partial charge in [-0.05, 0) is 37.1 Å². The van der Waals surface area contributed by atoms with E-state index in [4.69, 9.17) is 4.74 Å². The average Bonchev–Trinajstić information content (AvgIpc) is 3.31.